The maximum absolute atomic E-state index is 12.5. The Morgan fingerprint density at radius 3 is 3.00 bits per heavy atom. The fourth-order valence-corrected chi connectivity index (χ4v) is 3.10. The van der Waals surface area contributed by atoms with Gasteiger partial charge in [0.15, 0.2) is 0 Å². The molecule has 0 saturated heterocycles. The number of aryl methyl sites for hydroxylation is 1. The average molecular weight is 310 g/mol. The van der Waals surface area contributed by atoms with E-state index < -0.39 is 0 Å². The molecule has 2 aromatic rings. The van der Waals surface area contributed by atoms with Gasteiger partial charge < -0.3 is 9.64 Å². The number of carbonyl (C=O) groups excluding carboxylic acids is 1. The predicted octanol–water partition coefficient (Wildman–Crippen LogP) is 2.79. The van der Waals surface area contributed by atoms with Gasteiger partial charge in [0.25, 0.3) is 5.91 Å². The molecule has 20 heavy (non-hydrogen) atoms. The van der Waals surface area contributed by atoms with E-state index in [-0.39, 0.29) is 10.4 Å². The molecule has 0 fully saturated rings. The zero-order valence-electron chi connectivity index (χ0n) is 10.8. The molecule has 0 atom stereocenters. The lowest BCUT2D eigenvalue weighted by molar-refractivity contribution is 0.0984. The molecule has 0 saturated carbocycles. The lowest BCUT2D eigenvalue weighted by Crippen LogP contribution is -2.35. The third-order valence-electron chi connectivity index (χ3n) is 3.23. The lowest BCUT2D eigenvalue weighted by atomic mass is 10.0. The van der Waals surface area contributed by atoms with E-state index in [1.807, 2.05) is 18.2 Å². The van der Waals surface area contributed by atoms with Crippen molar-refractivity contribution >= 4 is 34.5 Å². The van der Waals surface area contributed by atoms with E-state index in [9.17, 15) is 4.79 Å². The minimum atomic E-state index is -0.152. The van der Waals surface area contributed by atoms with Crippen LogP contribution in [0.25, 0.3) is 0 Å². The lowest BCUT2D eigenvalue weighted by Gasteiger charge is -2.28. The van der Waals surface area contributed by atoms with Gasteiger partial charge in [0.2, 0.25) is 9.47 Å². The molecule has 0 unspecified atom stereocenters. The van der Waals surface area contributed by atoms with E-state index >= 15 is 0 Å². The molecule has 1 aromatic carbocycles. The van der Waals surface area contributed by atoms with Gasteiger partial charge in [-0.1, -0.05) is 11.3 Å². The molecule has 1 aliphatic rings. The second kappa shape index (κ2) is 5.38. The van der Waals surface area contributed by atoms with Crippen LogP contribution in [0.15, 0.2) is 18.2 Å². The van der Waals surface area contributed by atoms with Crippen LogP contribution in [-0.4, -0.2) is 29.8 Å². The second-order valence-corrected chi connectivity index (χ2v) is 5.97. The topological polar surface area (TPSA) is 55.3 Å². The van der Waals surface area contributed by atoms with Crippen LogP contribution in [0.2, 0.25) is 4.47 Å². The van der Waals surface area contributed by atoms with Crippen molar-refractivity contribution in [3.63, 3.8) is 0 Å². The molecule has 1 amide bonds. The van der Waals surface area contributed by atoms with Gasteiger partial charge in [-0.2, -0.15) is 0 Å². The van der Waals surface area contributed by atoms with Crippen LogP contribution >= 0.6 is 22.9 Å². The van der Waals surface area contributed by atoms with Crippen LogP contribution in [0.1, 0.15) is 21.8 Å². The minimum Gasteiger partial charge on any atom is -0.497 e. The van der Waals surface area contributed by atoms with E-state index in [0.29, 0.717) is 11.6 Å². The van der Waals surface area contributed by atoms with Crippen molar-refractivity contribution in [1.29, 1.82) is 0 Å². The molecule has 7 heteroatoms. The predicted molar refractivity (Wildman–Crippen MR) is 77.9 cm³/mol. The molecular formula is C13H12ClN3O2S. The van der Waals surface area contributed by atoms with Crippen LogP contribution < -0.4 is 9.64 Å². The molecule has 0 aliphatic carbocycles. The van der Waals surface area contributed by atoms with E-state index in [4.69, 9.17) is 16.3 Å². The van der Waals surface area contributed by atoms with E-state index in [1.165, 1.54) is 0 Å². The minimum absolute atomic E-state index is 0.152. The summed E-state index contributed by atoms with van der Waals surface area (Å²) < 4.78 is 5.50. The Morgan fingerprint density at radius 1 is 1.45 bits per heavy atom. The highest BCUT2D eigenvalue weighted by molar-refractivity contribution is 7.17. The van der Waals surface area contributed by atoms with Gasteiger partial charge in [0.1, 0.15) is 5.75 Å². The van der Waals surface area contributed by atoms with Gasteiger partial charge in [0, 0.05) is 12.2 Å². The van der Waals surface area contributed by atoms with Crippen LogP contribution in [0.5, 0.6) is 5.75 Å². The number of ether oxygens (including phenoxy) is 1. The number of carbonyl (C=O) groups is 1. The molecule has 2 heterocycles. The van der Waals surface area contributed by atoms with Crippen molar-refractivity contribution in [3.8, 4) is 5.75 Å². The highest BCUT2D eigenvalue weighted by Gasteiger charge is 2.26. The Labute approximate surface area is 125 Å². The number of rotatable bonds is 2. The first-order chi connectivity index (χ1) is 9.69. The average Bonchev–Trinajstić information content (AvgIpc) is 2.91. The molecule has 0 N–H and O–H groups in total. The summed E-state index contributed by atoms with van der Waals surface area (Å²) >= 11 is 6.84. The van der Waals surface area contributed by atoms with Gasteiger partial charge in [-0.05, 0) is 48.2 Å². The molecule has 0 bridgehead atoms. The number of hydrogen-bond acceptors (Lipinski definition) is 5. The Morgan fingerprint density at radius 2 is 2.30 bits per heavy atom. The van der Waals surface area contributed by atoms with Crippen LogP contribution in [0.3, 0.4) is 0 Å². The van der Waals surface area contributed by atoms with E-state index in [0.717, 1.165) is 41.2 Å². The zero-order valence-corrected chi connectivity index (χ0v) is 12.4. The summed E-state index contributed by atoms with van der Waals surface area (Å²) in [4.78, 5) is 14.2. The molecule has 0 spiro atoms. The Kier molecular flexibility index (Phi) is 3.58. The van der Waals surface area contributed by atoms with Crippen molar-refractivity contribution in [2.24, 2.45) is 0 Å². The summed E-state index contributed by atoms with van der Waals surface area (Å²) in [6, 6.07) is 5.74. The van der Waals surface area contributed by atoms with Gasteiger partial charge in [0.05, 0.1) is 7.11 Å². The molecule has 1 aliphatic heterocycles. The molecule has 5 nitrogen and oxygen atoms in total. The highest BCUT2D eigenvalue weighted by atomic mass is 35.5. The molecule has 3 rings (SSSR count). The Bertz CT molecular complexity index is 659. The molecule has 104 valence electrons. The number of halogens is 1. The summed E-state index contributed by atoms with van der Waals surface area (Å²) in [5.74, 6) is 0.650. The first kappa shape index (κ1) is 13.3. The first-order valence-corrected chi connectivity index (χ1v) is 7.36. The maximum atomic E-state index is 12.5. The summed E-state index contributed by atoms with van der Waals surface area (Å²) in [5, 5.41) is 7.82. The Hall–Kier alpha value is -1.66. The van der Waals surface area contributed by atoms with Gasteiger partial charge in [-0.25, -0.2) is 0 Å². The van der Waals surface area contributed by atoms with E-state index in [1.54, 1.807) is 12.0 Å². The third kappa shape index (κ3) is 2.36. The molecular weight excluding hydrogens is 298 g/mol. The standard InChI is InChI=1S/C13H12ClN3O2S/c1-19-9-4-5-10-8(7-9)3-2-6-17(10)12(18)11-15-16-13(14)20-11/h4-5,7H,2-3,6H2,1H3. The van der Waals surface area contributed by atoms with Gasteiger partial charge in [-0.15, -0.1) is 10.2 Å². The normalized spacial score (nSPS) is 14.0. The number of benzene rings is 1. The SMILES string of the molecule is COc1ccc2c(c1)CCCN2C(=O)c1nnc(Cl)s1. The highest BCUT2D eigenvalue weighted by Crippen LogP contribution is 2.32. The number of aromatic nitrogens is 2. The van der Waals surface area contributed by atoms with Crippen molar-refractivity contribution in [2.75, 3.05) is 18.6 Å². The number of nitrogens with zero attached hydrogens (tertiary/aromatic N) is 3. The fourth-order valence-electron chi connectivity index (χ4n) is 2.32. The van der Waals surface area contributed by atoms with Crippen LogP contribution in [-0.2, 0) is 6.42 Å². The summed E-state index contributed by atoms with van der Waals surface area (Å²) in [6.07, 6.45) is 1.85. The third-order valence-corrected chi connectivity index (χ3v) is 4.24. The van der Waals surface area contributed by atoms with Crippen LogP contribution in [0, 0.1) is 0 Å². The largest absolute Gasteiger partial charge is 0.497 e. The quantitative estimate of drug-likeness (QED) is 0.856. The van der Waals surface area contributed by atoms with Crippen LogP contribution in [0.4, 0.5) is 5.69 Å². The monoisotopic (exact) mass is 309 g/mol. The van der Waals surface area contributed by atoms with Crippen molar-refractivity contribution in [1.82, 2.24) is 10.2 Å². The number of hydrogen-bond donors (Lipinski definition) is 0. The first-order valence-electron chi connectivity index (χ1n) is 6.17. The summed E-state index contributed by atoms with van der Waals surface area (Å²) in [7, 11) is 1.64. The van der Waals surface area contributed by atoms with Gasteiger partial charge in [-0.3, -0.25) is 4.79 Å². The Balaban J connectivity index is 1.95. The fraction of sp³-hybridized carbons (Fsp3) is 0.308. The van der Waals surface area contributed by atoms with E-state index in [2.05, 4.69) is 10.2 Å². The number of anilines is 1. The molecule has 1 aromatic heterocycles. The van der Waals surface area contributed by atoms with Crippen molar-refractivity contribution in [2.45, 2.75) is 12.8 Å². The van der Waals surface area contributed by atoms with Crippen molar-refractivity contribution < 1.29 is 9.53 Å². The zero-order chi connectivity index (χ0) is 14.1. The molecule has 0 radical (unpaired) electrons. The second-order valence-electron chi connectivity index (χ2n) is 4.42. The van der Waals surface area contributed by atoms with Crippen molar-refractivity contribution in [3.05, 3.63) is 33.2 Å². The number of methoxy groups -OCH3 is 1. The smallest absolute Gasteiger partial charge is 0.289 e. The number of amides is 1. The maximum Gasteiger partial charge on any atom is 0.289 e. The van der Waals surface area contributed by atoms with Gasteiger partial charge >= 0.3 is 0 Å². The summed E-state index contributed by atoms with van der Waals surface area (Å²) in [5.41, 5.74) is 2.02. The number of fused-ring (bicyclic) bond motifs is 1. The summed E-state index contributed by atoms with van der Waals surface area (Å²) in [6.45, 7) is 0.676.